The first-order valence-corrected chi connectivity index (χ1v) is 8.10. The number of carbonyl (C=O) groups is 2. The zero-order valence-electron chi connectivity index (χ0n) is 16.2. The summed E-state index contributed by atoms with van der Waals surface area (Å²) in [5, 5.41) is 24.3. The van der Waals surface area contributed by atoms with Gasteiger partial charge < -0.3 is 20.5 Å². The predicted molar refractivity (Wildman–Crippen MR) is 95.5 cm³/mol. The van der Waals surface area contributed by atoms with Crippen molar-refractivity contribution in [2.24, 2.45) is 0 Å². The molecule has 0 atom stereocenters. The number of unbranched alkanes of at least 4 members (excludes halogenated alkanes) is 1. The smallest absolute Gasteiger partial charge is 0.876 e. The van der Waals surface area contributed by atoms with Gasteiger partial charge in [-0.15, -0.1) is 24.6 Å². The van der Waals surface area contributed by atoms with Crippen LogP contribution in [-0.4, -0.2) is 18.1 Å². The quantitative estimate of drug-likeness (QED) is 0.395. The number of hydrogen-bond donors (Lipinski definition) is 0. The number of aromatic nitrogens is 1. The van der Waals surface area contributed by atoms with Crippen LogP contribution < -0.4 is 15.2 Å². The van der Waals surface area contributed by atoms with Crippen LogP contribution in [0.25, 0.3) is 5.32 Å². The van der Waals surface area contributed by atoms with Crippen molar-refractivity contribution in [2.75, 3.05) is 6.54 Å². The Balaban J connectivity index is -0.000000314. The Morgan fingerprint density at radius 1 is 1.08 bits per heavy atom. The topological polar surface area (TPSA) is 108 Å². The van der Waals surface area contributed by atoms with Crippen molar-refractivity contribution in [1.29, 1.82) is 0 Å². The van der Waals surface area contributed by atoms with Gasteiger partial charge in [0.1, 0.15) is 0 Å². The van der Waals surface area contributed by atoms with Gasteiger partial charge in [-0.25, -0.2) is 0 Å². The molecule has 26 heavy (non-hydrogen) atoms. The van der Waals surface area contributed by atoms with Gasteiger partial charge in [0.2, 0.25) is 0 Å². The van der Waals surface area contributed by atoms with Crippen molar-refractivity contribution >= 4 is 11.6 Å². The van der Waals surface area contributed by atoms with E-state index in [2.05, 4.69) is 17.2 Å². The Labute approximate surface area is 167 Å². The van der Waals surface area contributed by atoms with Crippen LogP contribution in [0.2, 0.25) is 0 Å². The molecule has 6 nitrogen and oxygen atoms in total. The average molecular weight is 400 g/mol. The van der Waals surface area contributed by atoms with Gasteiger partial charge in [0.15, 0.2) is 11.6 Å². The molecule has 0 aliphatic heterocycles. The second kappa shape index (κ2) is 19.5. The second-order valence-corrected chi connectivity index (χ2v) is 5.32. The molecule has 0 N–H and O–H groups in total. The molecule has 0 amide bonds. The van der Waals surface area contributed by atoms with Gasteiger partial charge >= 0.3 is 17.4 Å². The normalized spacial score (nSPS) is 10.5. The molecule has 0 fully saturated rings. The third-order valence-corrected chi connectivity index (χ3v) is 2.37. The number of allylic oxidation sites excluding steroid dienone is 4. The van der Waals surface area contributed by atoms with E-state index < -0.39 is 0 Å². The standard InChI is InChI=1S/C9H14N2.2C5H8O2.Cr/c1-2-3-6-10-8-9-5-4-7-11-9;2*1-4(6)3-5(2)7;/h4-5,7H,2-3,6,8H2,1H3;2*3,6H,1-2H3;/q-2;;;+4/p-2/b;2*4-3-;. The van der Waals surface area contributed by atoms with E-state index in [0.29, 0.717) is 0 Å². The van der Waals surface area contributed by atoms with E-state index in [0.717, 1.165) is 30.9 Å². The number of ketones is 2. The van der Waals surface area contributed by atoms with E-state index in [1.165, 1.54) is 40.5 Å². The van der Waals surface area contributed by atoms with Crippen molar-refractivity contribution < 1.29 is 37.2 Å². The zero-order valence-corrected chi connectivity index (χ0v) is 17.4. The van der Waals surface area contributed by atoms with Gasteiger partial charge in [-0.2, -0.15) is 11.9 Å². The van der Waals surface area contributed by atoms with Crippen molar-refractivity contribution in [3.05, 3.63) is 53.0 Å². The average Bonchev–Trinajstić information content (AvgIpc) is 2.95. The summed E-state index contributed by atoms with van der Waals surface area (Å²) in [6.07, 6.45) is 6.34. The number of rotatable bonds is 7. The molecule has 0 aliphatic carbocycles. The van der Waals surface area contributed by atoms with Crippen molar-refractivity contribution in [3.63, 3.8) is 0 Å². The molecule has 1 rings (SSSR count). The SMILES string of the molecule is CC(=O)/C=C(/C)[O-].CC(=O)/C=C(/C)[O-].CCCC[N-]Cc1ccc[n-]1.[Cr+4]. The third kappa shape index (κ3) is 27.1. The van der Waals surface area contributed by atoms with Crippen LogP contribution in [0.5, 0.6) is 0 Å². The molecule has 0 bridgehead atoms. The fourth-order valence-electron chi connectivity index (χ4n) is 1.47. The Bertz CT molecular complexity index is 502. The fraction of sp³-hybridized carbons (Fsp3) is 0.474. The molecule has 0 saturated carbocycles. The summed E-state index contributed by atoms with van der Waals surface area (Å²) in [6, 6.07) is 3.96. The molecule has 1 aromatic rings. The van der Waals surface area contributed by atoms with Gasteiger partial charge in [-0.3, -0.25) is 9.59 Å². The minimum atomic E-state index is -0.187. The van der Waals surface area contributed by atoms with Crippen LogP contribution in [-0.2, 0) is 33.5 Å². The monoisotopic (exact) mass is 400 g/mol. The molecule has 0 aliphatic rings. The minimum Gasteiger partial charge on any atom is -0.876 e. The summed E-state index contributed by atoms with van der Waals surface area (Å²) >= 11 is 0. The molecule has 0 radical (unpaired) electrons. The summed E-state index contributed by atoms with van der Waals surface area (Å²) < 4.78 is 0. The van der Waals surface area contributed by atoms with Crippen molar-refractivity contribution in [1.82, 2.24) is 4.98 Å². The van der Waals surface area contributed by atoms with Crippen LogP contribution in [0.4, 0.5) is 0 Å². The summed E-state index contributed by atoms with van der Waals surface area (Å²) in [5.41, 5.74) is 1.08. The number of carbonyl (C=O) groups excluding carboxylic acids is 2. The summed E-state index contributed by atoms with van der Waals surface area (Å²) in [7, 11) is 0. The maximum atomic E-state index is 9.98. The Morgan fingerprint density at radius 3 is 1.85 bits per heavy atom. The maximum Gasteiger partial charge on any atom is 4.00 e. The van der Waals surface area contributed by atoms with Gasteiger partial charge in [-0.05, 0) is 26.0 Å². The molecule has 1 aromatic heterocycles. The first-order valence-electron chi connectivity index (χ1n) is 8.10. The van der Waals surface area contributed by atoms with E-state index in [1.54, 1.807) is 0 Å². The zero-order chi connectivity index (χ0) is 19.7. The van der Waals surface area contributed by atoms with E-state index in [9.17, 15) is 19.8 Å². The molecule has 0 saturated heterocycles. The van der Waals surface area contributed by atoms with Crippen molar-refractivity contribution in [2.45, 2.75) is 54.0 Å². The second-order valence-electron chi connectivity index (χ2n) is 5.32. The first-order chi connectivity index (χ1) is 11.7. The van der Waals surface area contributed by atoms with Crippen LogP contribution in [0.1, 0.15) is 53.2 Å². The number of hydrogen-bond acceptors (Lipinski definition) is 4. The Hall–Kier alpha value is -1.81. The summed E-state index contributed by atoms with van der Waals surface area (Å²) in [4.78, 5) is 24.1. The summed E-state index contributed by atoms with van der Waals surface area (Å²) in [6.45, 7) is 9.33. The molecular weight excluding hydrogens is 372 g/mol. The van der Waals surface area contributed by atoms with E-state index in [1.807, 2.05) is 18.3 Å². The Kier molecular flexibility index (Phi) is 21.7. The van der Waals surface area contributed by atoms with Gasteiger partial charge in [0.05, 0.1) is 0 Å². The van der Waals surface area contributed by atoms with Crippen LogP contribution in [0.3, 0.4) is 0 Å². The molecule has 0 spiro atoms. The molecule has 0 unspecified atom stereocenters. The van der Waals surface area contributed by atoms with Crippen LogP contribution in [0.15, 0.2) is 42.0 Å². The Morgan fingerprint density at radius 2 is 1.58 bits per heavy atom. The van der Waals surface area contributed by atoms with Crippen molar-refractivity contribution in [3.8, 4) is 0 Å². The van der Waals surface area contributed by atoms with Crippen LogP contribution >= 0.6 is 0 Å². The summed E-state index contributed by atoms with van der Waals surface area (Å²) in [5.74, 6) is -0.750. The van der Waals surface area contributed by atoms with E-state index >= 15 is 0 Å². The first kappa shape index (κ1) is 29.0. The number of nitrogens with zero attached hydrogens (tertiary/aromatic N) is 2. The third-order valence-electron chi connectivity index (χ3n) is 2.37. The fourth-order valence-corrected chi connectivity index (χ4v) is 1.47. The van der Waals surface area contributed by atoms with Gasteiger partial charge in [-0.1, -0.05) is 45.7 Å². The van der Waals surface area contributed by atoms with Gasteiger partial charge in [0, 0.05) is 0 Å². The maximum absolute atomic E-state index is 9.98. The molecule has 144 valence electrons. The largest absolute Gasteiger partial charge is 4.00 e. The van der Waals surface area contributed by atoms with E-state index in [4.69, 9.17) is 0 Å². The predicted octanol–water partition coefficient (Wildman–Crippen LogP) is 1.99. The molecular formula is C19H28CrN2O4. The molecule has 0 aromatic carbocycles. The van der Waals surface area contributed by atoms with Gasteiger partial charge in [0.25, 0.3) is 0 Å². The minimum absolute atomic E-state index is 0. The van der Waals surface area contributed by atoms with Crippen LogP contribution in [0, 0.1) is 0 Å². The molecule has 7 heteroatoms. The molecule has 1 heterocycles. The van der Waals surface area contributed by atoms with E-state index in [-0.39, 0.29) is 40.4 Å².